The normalized spacial score (nSPS) is 13.4. The largest absolute Gasteiger partial charge is 0.466 e. The van der Waals surface area contributed by atoms with E-state index in [2.05, 4.69) is 15.6 Å². The third-order valence-electron chi connectivity index (χ3n) is 4.27. The Balaban J connectivity index is 1.81. The fourth-order valence-electron chi connectivity index (χ4n) is 2.87. The predicted octanol–water partition coefficient (Wildman–Crippen LogP) is 1.01. The number of carbonyl (C=O) groups is 3. The van der Waals surface area contributed by atoms with Crippen LogP contribution in [0.1, 0.15) is 10.4 Å². The number of β-amino-alcohol motifs (C(OH)–C–C–N with tert-alkyl or cyclic N) is 1. The molecule has 3 rings (SSSR count). The summed E-state index contributed by atoms with van der Waals surface area (Å²) in [6.45, 7) is -0.0921. The summed E-state index contributed by atoms with van der Waals surface area (Å²) in [6.07, 6.45) is 3.13. The summed E-state index contributed by atoms with van der Waals surface area (Å²) in [5, 5.41) is 14.8. The lowest BCUT2D eigenvalue weighted by atomic mass is 10.1. The van der Waals surface area contributed by atoms with Crippen LogP contribution in [-0.2, 0) is 14.3 Å². The van der Waals surface area contributed by atoms with Crippen LogP contribution in [0.4, 0.5) is 11.4 Å². The van der Waals surface area contributed by atoms with E-state index >= 15 is 0 Å². The molecule has 29 heavy (non-hydrogen) atoms. The number of ether oxygens (including phenoxy) is 1. The molecule has 0 aliphatic carbocycles. The minimum atomic E-state index is -0.633. The molecule has 2 amide bonds. The Hall–Kier alpha value is -3.72. The van der Waals surface area contributed by atoms with Gasteiger partial charge in [-0.05, 0) is 30.3 Å². The molecule has 0 spiro atoms. The molecule has 9 heteroatoms. The quantitative estimate of drug-likeness (QED) is 0.597. The first-order chi connectivity index (χ1) is 14.0. The second-order valence-corrected chi connectivity index (χ2v) is 6.20. The number of methoxy groups -OCH3 is 1. The van der Waals surface area contributed by atoms with Gasteiger partial charge in [0, 0.05) is 24.0 Å². The fourth-order valence-corrected chi connectivity index (χ4v) is 2.87. The molecular formula is C20H20N4O5. The molecule has 1 aromatic carbocycles. The van der Waals surface area contributed by atoms with Crippen LogP contribution in [0.15, 0.2) is 60.1 Å². The highest BCUT2D eigenvalue weighted by molar-refractivity contribution is 6.09. The summed E-state index contributed by atoms with van der Waals surface area (Å²) in [7, 11) is 1.23. The van der Waals surface area contributed by atoms with Crippen molar-refractivity contribution < 1.29 is 24.2 Å². The molecule has 1 aliphatic rings. The van der Waals surface area contributed by atoms with E-state index in [4.69, 9.17) is 9.84 Å². The molecule has 0 atom stereocenters. The first-order valence-corrected chi connectivity index (χ1v) is 8.83. The Labute approximate surface area is 167 Å². The maximum atomic E-state index is 12.6. The SMILES string of the molecule is COC(=O)C1=C(Nc2cccc(C(=O)Nc3cccnc3)c2)C(=O)N(CCO)C1. The number of aliphatic hydroxyl groups is 1. The number of anilines is 2. The molecule has 1 aromatic heterocycles. The lowest BCUT2D eigenvalue weighted by Crippen LogP contribution is -2.31. The molecule has 0 bridgehead atoms. The van der Waals surface area contributed by atoms with Gasteiger partial charge in [0.05, 0.1) is 37.7 Å². The predicted molar refractivity (Wildman–Crippen MR) is 105 cm³/mol. The van der Waals surface area contributed by atoms with Gasteiger partial charge in [-0.3, -0.25) is 14.6 Å². The lowest BCUT2D eigenvalue weighted by Gasteiger charge is -2.15. The van der Waals surface area contributed by atoms with Crippen molar-refractivity contribution in [1.82, 2.24) is 9.88 Å². The maximum absolute atomic E-state index is 12.6. The molecule has 2 heterocycles. The zero-order chi connectivity index (χ0) is 20.8. The van der Waals surface area contributed by atoms with E-state index in [9.17, 15) is 14.4 Å². The van der Waals surface area contributed by atoms with E-state index in [0.717, 1.165) is 0 Å². The topological polar surface area (TPSA) is 121 Å². The van der Waals surface area contributed by atoms with Gasteiger partial charge in [-0.25, -0.2) is 4.79 Å². The van der Waals surface area contributed by atoms with Crippen LogP contribution in [0.5, 0.6) is 0 Å². The van der Waals surface area contributed by atoms with E-state index in [1.165, 1.54) is 18.2 Å². The number of nitrogens with zero attached hydrogens (tertiary/aromatic N) is 2. The van der Waals surface area contributed by atoms with Crippen molar-refractivity contribution in [2.45, 2.75) is 0 Å². The molecule has 9 nitrogen and oxygen atoms in total. The Morgan fingerprint density at radius 3 is 2.72 bits per heavy atom. The van der Waals surface area contributed by atoms with E-state index < -0.39 is 11.9 Å². The van der Waals surface area contributed by atoms with E-state index in [-0.39, 0.29) is 36.9 Å². The standard InChI is InChI=1S/C20H20N4O5/c1-29-20(28)16-12-24(8-9-25)19(27)17(16)22-14-5-2-4-13(10-14)18(26)23-15-6-3-7-21-11-15/h2-7,10-11,22,25H,8-9,12H2,1H3,(H,23,26). The monoisotopic (exact) mass is 396 g/mol. The number of hydrogen-bond acceptors (Lipinski definition) is 7. The number of aliphatic hydroxyl groups excluding tert-OH is 1. The number of esters is 1. The first-order valence-electron chi connectivity index (χ1n) is 8.83. The van der Waals surface area contributed by atoms with Crippen LogP contribution in [0.25, 0.3) is 0 Å². The number of aromatic nitrogens is 1. The van der Waals surface area contributed by atoms with Crippen LogP contribution < -0.4 is 10.6 Å². The summed E-state index contributed by atoms with van der Waals surface area (Å²) < 4.78 is 4.76. The van der Waals surface area contributed by atoms with Crippen LogP contribution in [-0.4, -0.2) is 59.6 Å². The third kappa shape index (κ3) is 4.58. The molecule has 0 saturated carbocycles. The minimum Gasteiger partial charge on any atom is -0.466 e. The molecular weight excluding hydrogens is 376 g/mol. The smallest absolute Gasteiger partial charge is 0.337 e. The number of pyridine rings is 1. The Bertz CT molecular complexity index is 958. The average Bonchev–Trinajstić information content (AvgIpc) is 3.04. The molecule has 150 valence electrons. The van der Waals surface area contributed by atoms with Gasteiger partial charge in [-0.1, -0.05) is 6.07 Å². The molecule has 0 radical (unpaired) electrons. The van der Waals surface area contributed by atoms with Crippen molar-refractivity contribution in [2.75, 3.05) is 37.4 Å². The van der Waals surface area contributed by atoms with Gasteiger partial charge in [-0.2, -0.15) is 0 Å². The van der Waals surface area contributed by atoms with E-state index in [0.29, 0.717) is 16.9 Å². The highest BCUT2D eigenvalue weighted by atomic mass is 16.5. The minimum absolute atomic E-state index is 0.0373. The van der Waals surface area contributed by atoms with Crippen molar-refractivity contribution >= 4 is 29.2 Å². The molecule has 0 fully saturated rings. The van der Waals surface area contributed by atoms with Gasteiger partial charge in [-0.15, -0.1) is 0 Å². The summed E-state index contributed by atoms with van der Waals surface area (Å²) >= 11 is 0. The summed E-state index contributed by atoms with van der Waals surface area (Å²) in [5.41, 5.74) is 1.60. The Kier molecular flexibility index (Phi) is 6.20. The van der Waals surface area contributed by atoms with Crippen LogP contribution in [0, 0.1) is 0 Å². The highest BCUT2D eigenvalue weighted by Gasteiger charge is 2.34. The molecule has 0 unspecified atom stereocenters. The van der Waals surface area contributed by atoms with Crippen LogP contribution >= 0.6 is 0 Å². The lowest BCUT2D eigenvalue weighted by molar-refractivity contribution is -0.136. The number of nitrogens with one attached hydrogen (secondary N) is 2. The number of rotatable bonds is 7. The second kappa shape index (κ2) is 8.98. The molecule has 3 N–H and O–H groups in total. The first kappa shape index (κ1) is 20.0. The van der Waals surface area contributed by atoms with Crippen LogP contribution in [0.2, 0.25) is 0 Å². The molecule has 1 aliphatic heterocycles. The van der Waals surface area contributed by atoms with Crippen molar-refractivity contribution in [3.8, 4) is 0 Å². The van der Waals surface area contributed by atoms with Gasteiger partial charge >= 0.3 is 5.97 Å². The van der Waals surface area contributed by atoms with Crippen molar-refractivity contribution in [3.05, 3.63) is 65.6 Å². The maximum Gasteiger partial charge on any atom is 0.337 e. The zero-order valence-electron chi connectivity index (χ0n) is 15.7. The number of carbonyl (C=O) groups excluding carboxylic acids is 3. The number of hydrogen-bond donors (Lipinski definition) is 3. The van der Waals surface area contributed by atoms with Crippen LogP contribution in [0.3, 0.4) is 0 Å². The summed E-state index contributed by atoms with van der Waals surface area (Å²) in [5.74, 6) is -1.40. The van der Waals surface area contributed by atoms with Crippen molar-refractivity contribution in [2.24, 2.45) is 0 Å². The van der Waals surface area contributed by atoms with Gasteiger partial charge in [0.25, 0.3) is 11.8 Å². The van der Waals surface area contributed by atoms with Gasteiger partial charge in [0.15, 0.2) is 0 Å². The summed E-state index contributed by atoms with van der Waals surface area (Å²) in [4.78, 5) is 42.4. The highest BCUT2D eigenvalue weighted by Crippen LogP contribution is 2.23. The fraction of sp³-hybridized carbons (Fsp3) is 0.200. The Morgan fingerprint density at radius 1 is 1.24 bits per heavy atom. The van der Waals surface area contributed by atoms with Gasteiger partial charge in [0.1, 0.15) is 5.70 Å². The third-order valence-corrected chi connectivity index (χ3v) is 4.27. The average molecular weight is 396 g/mol. The number of benzene rings is 1. The van der Waals surface area contributed by atoms with Gasteiger partial charge < -0.3 is 25.4 Å². The Morgan fingerprint density at radius 2 is 2.03 bits per heavy atom. The second-order valence-electron chi connectivity index (χ2n) is 6.20. The van der Waals surface area contributed by atoms with E-state index in [1.54, 1.807) is 42.6 Å². The van der Waals surface area contributed by atoms with Crippen molar-refractivity contribution in [1.29, 1.82) is 0 Å². The summed E-state index contributed by atoms with van der Waals surface area (Å²) in [6, 6.07) is 9.94. The zero-order valence-corrected chi connectivity index (χ0v) is 15.7. The number of amides is 2. The van der Waals surface area contributed by atoms with E-state index in [1.807, 2.05) is 0 Å². The van der Waals surface area contributed by atoms with Gasteiger partial charge in [0.2, 0.25) is 0 Å². The molecule has 0 saturated heterocycles. The molecule has 2 aromatic rings. The van der Waals surface area contributed by atoms with Crippen molar-refractivity contribution in [3.63, 3.8) is 0 Å².